The van der Waals surface area contributed by atoms with Gasteiger partial charge in [-0.15, -0.1) is 0 Å². The average molecular weight is 493 g/mol. The van der Waals surface area contributed by atoms with Crippen LogP contribution >= 0.6 is 11.3 Å². The van der Waals surface area contributed by atoms with Gasteiger partial charge < -0.3 is 9.84 Å². The van der Waals surface area contributed by atoms with Gasteiger partial charge in [0, 0.05) is 17.7 Å². The molecule has 1 fully saturated rings. The van der Waals surface area contributed by atoms with Crippen LogP contribution in [0, 0.1) is 17.0 Å². The van der Waals surface area contributed by atoms with E-state index >= 15 is 0 Å². The number of rotatable bonds is 6. The number of nitro groups is 1. The molecule has 4 rings (SSSR count). The summed E-state index contributed by atoms with van der Waals surface area (Å²) in [5, 5.41) is 22.5. The Balaban J connectivity index is 1.94. The fourth-order valence-electron chi connectivity index (χ4n) is 3.78. The fourth-order valence-corrected chi connectivity index (χ4v) is 4.76. The van der Waals surface area contributed by atoms with E-state index in [0.717, 1.165) is 16.2 Å². The molecule has 0 saturated carbocycles. The Kier molecular flexibility index (Phi) is 6.43. The molecule has 1 aromatic heterocycles. The van der Waals surface area contributed by atoms with Crippen LogP contribution in [0.2, 0.25) is 0 Å². The van der Waals surface area contributed by atoms with E-state index in [1.807, 2.05) is 0 Å². The van der Waals surface area contributed by atoms with Gasteiger partial charge in [-0.3, -0.25) is 24.6 Å². The first-order chi connectivity index (χ1) is 16.7. The van der Waals surface area contributed by atoms with Crippen molar-refractivity contribution in [2.45, 2.75) is 19.9 Å². The number of aromatic nitrogens is 1. The topological polar surface area (TPSA) is 140 Å². The zero-order valence-electron chi connectivity index (χ0n) is 18.6. The Bertz CT molecular complexity index is 1380. The summed E-state index contributed by atoms with van der Waals surface area (Å²) in [6.07, 6.45) is 0. The van der Waals surface area contributed by atoms with Gasteiger partial charge in [0.1, 0.15) is 10.6 Å². The lowest BCUT2D eigenvalue weighted by Crippen LogP contribution is -2.29. The van der Waals surface area contributed by atoms with E-state index in [2.05, 4.69) is 4.98 Å². The lowest BCUT2D eigenvalue weighted by Gasteiger charge is -2.22. The van der Waals surface area contributed by atoms with E-state index in [0.29, 0.717) is 11.3 Å². The number of benzene rings is 2. The summed E-state index contributed by atoms with van der Waals surface area (Å²) in [4.78, 5) is 55.0. The number of aryl methyl sites for hydroxylation is 1. The van der Waals surface area contributed by atoms with Crippen molar-refractivity contribution in [2.75, 3.05) is 11.5 Å². The molecule has 0 aliphatic carbocycles. The number of Topliss-reactive ketones (excluding diaryl/α,β-unsaturated/α-hetero) is 1. The van der Waals surface area contributed by atoms with E-state index in [-0.39, 0.29) is 33.4 Å². The zero-order chi connectivity index (χ0) is 25.3. The number of carbonyl (C=O) groups is 3. The van der Waals surface area contributed by atoms with Crippen molar-refractivity contribution in [1.29, 1.82) is 0 Å². The molecule has 3 aromatic rings. The summed E-state index contributed by atoms with van der Waals surface area (Å²) < 4.78 is 5.04. The molecule has 178 valence electrons. The number of non-ortho nitro benzene ring substituents is 1. The highest BCUT2D eigenvalue weighted by Gasteiger charge is 2.48. The molecule has 1 aliphatic heterocycles. The smallest absolute Gasteiger partial charge is 0.350 e. The molecule has 2 heterocycles. The van der Waals surface area contributed by atoms with Crippen LogP contribution in [0.25, 0.3) is 5.76 Å². The summed E-state index contributed by atoms with van der Waals surface area (Å²) in [5.41, 5.74) is 0.318. The zero-order valence-corrected chi connectivity index (χ0v) is 19.4. The van der Waals surface area contributed by atoms with Gasteiger partial charge in [-0.2, -0.15) is 0 Å². The summed E-state index contributed by atoms with van der Waals surface area (Å²) in [6.45, 7) is 3.36. The van der Waals surface area contributed by atoms with Crippen LogP contribution in [0.5, 0.6) is 0 Å². The Labute approximate surface area is 203 Å². The number of aliphatic hydroxyl groups excluding tert-OH is 1. The third-order valence-corrected chi connectivity index (χ3v) is 6.48. The Hall–Kier alpha value is -4.38. The molecule has 0 radical (unpaired) electrons. The first kappa shape index (κ1) is 23.8. The van der Waals surface area contributed by atoms with E-state index in [1.165, 1.54) is 24.3 Å². The average Bonchev–Trinajstić information content (AvgIpc) is 3.36. The minimum absolute atomic E-state index is 0.0243. The lowest BCUT2D eigenvalue weighted by molar-refractivity contribution is -0.384. The van der Waals surface area contributed by atoms with Crippen molar-refractivity contribution in [3.05, 3.63) is 92.0 Å². The summed E-state index contributed by atoms with van der Waals surface area (Å²) >= 11 is 0.858. The van der Waals surface area contributed by atoms with Crippen LogP contribution in [0.15, 0.2) is 60.2 Å². The molecule has 1 saturated heterocycles. The number of nitro benzene ring substituents is 1. The second kappa shape index (κ2) is 9.47. The van der Waals surface area contributed by atoms with E-state index in [1.54, 1.807) is 44.2 Å². The Morgan fingerprint density at radius 2 is 1.91 bits per heavy atom. The predicted octanol–water partition coefficient (Wildman–Crippen LogP) is 4.16. The van der Waals surface area contributed by atoms with Crippen LogP contribution in [0.4, 0.5) is 10.8 Å². The van der Waals surface area contributed by atoms with Gasteiger partial charge >= 0.3 is 11.9 Å². The molecule has 1 aliphatic rings. The fraction of sp³-hybridized carbons (Fsp3) is 0.167. The molecular weight excluding hydrogens is 474 g/mol. The molecule has 1 atom stereocenters. The van der Waals surface area contributed by atoms with Crippen LogP contribution in [-0.2, 0) is 14.3 Å². The molecular formula is C24H19N3O7S. The molecule has 1 amide bonds. The number of carbonyl (C=O) groups excluding carboxylic acids is 3. The molecule has 0 unspecified atom stereocenters. The second-order valence-electron chi connectivity index (χ2n) is 7.52. The van der Waals surface area contributed by atoms with Crippen molar-refractivity contribution < 1.29 is 29.2 Å². The number of anilines is 1. The second-order valence-corrected chi connectivity index (χ2v) is 8.50. The van der Waals surface area contributed by atoms with Crippen LogP contribution in [0.3, 0.4) is 0 Å². The number of hydrogen-bond donors (Lipinski definition) is 1. The first-order valence-electron chi connectivity index (χ1n) is 10.5. The maximum absolute atomic E-state index is 13.2. The number of amides is 1. The maximum Gasteiger partial charge on any atom is 0.350 e. The van der Waals surface area contributed by atoms with Gasteiger partial charge in [-0.25, -0.2) is 9.78 Å². The van der Waals surface area contributed by atoms with Crippen LogP contribution in [0.1, 0.15) is 39.5 Å². The van der Waals surface area contributed by atoms with E-state index in [4.69, 9.17) is 4.74 Å². The highest BCUT2D eigenvalue weighted by molar-refractivity contribution is 7.17. The first-order valence-corrected chi connectivity index (χ1v) is 11.3. The highest BCUT2D eigenvalue weighted by atomic mass is 32.1. The number of nitrogens with zero attached hydrogens (tertiary/aromatic N) is 3. The molecule has 35 heavy (non-hydrogen) atoms. The van der Waals surface area contributed by atoms with Crippen LogP contribution in [-0.4, -0.2) is 39.3 Å². The molecule has 10 nitrogen and oxygen atoms in total. The minimum Gasteiger partial charge on any atom is -0.507 e. The van der Waals surface area contributed by atoms with Crippen LogP contribution < -0.4 is 4.90 Å². The van der Waals surface area contributed by atoms with E-state index in [9.17, 15) is 29.6 Å². The summed E-state index contributed by atoms with van der Waals surface area (Å²) in [6, 6.07) is 12.4. The monoisotopic (exact) mass is 493 g/mol. The number of aliphatic hydroxyl groups is 1. The molecule has 11 heteroatoms. The number of ketones is 1. The number of ether oxygens (including phenoxy) is 1. The van der Waals surface area contributed by atoms with Crippen molar-refractivity contribution >= 4 is 45.6 Å². The summed E-state index contributed by atoms with van der Waals surface area (Å²) in [5.74, 6) is -3.01. The SMILES string of the molecule is CCOC(=O)c1sc(N2C(=O)C(=O)C(=C(O)c3ccccc3)[C@H]2c2cccc([N+](=O)[O-])c2)nc1C. The Morgan fingerprint density at radius 1 is 1.20 bits per heavy atom. The normalized spacial score (nSPS) is 17.0. The summed E-state index contributed by atoms with van der Waals surface area (Å²) in [7, 11) is 0. The van der Waals surface area contributed by atoms with Gasteiger partial charge in [0.2, 0.25) is 0 Å². The standard InChI is InChI=1S/C24H19N3O7S/c1-3-34-23(31)21-13(2)25-24(35-21)26-18(15-10-7-11-16(12-15)27(32)33)17(20(29)22(26)30)19(28)14-8-5-4-6-9-14/h4-12,18,28H,3H2,1-2H3/t18-/m1/s1. The molecule has 0 bridgehead atoms. The quantitative estimate of drug-likeness (QED) is 0.135. The van der Waals surface area contributed by atoms with Gasteiger partial charge in [-0.05, 0) is 19.4 Å². The van der Waals surface area contributed by atoms with Crippen molar-refractivity contribution in [3.63, 3.8) is 0 Å². The third-order valence-electron chi connectivity index (χ3n) is 5.34. The van der Waals surface area contributed by atoms with Crippen molar-refractivity contribution in [2.24, 2.45) is 0 Å². The number of hydrogen-bond acceptors (Lipinski definition) is 9. The van der Waals surface area contributed by atoms with Gasteiger partial charge in [0.05, 0.1) is 28.8 Å². The maximum atomic E-state index is 13.2. The van der Waals surface area contributed by atoms with Gasteiger partial charge in [0.15, 0.2) is 5.13 Å². The predicted molar refractivity (Wildman–Crippen MR) is 127 cm³/mol. The lowest BCUT2D eigenvalue weighted by atomic mass is 9.95. The van der Waals surface area contributed by atoms with Crippen molar-refractivity contribution in [3.8, 4) is 0 Å². The Morgan fingerprint density at radius 3 is 2.57 bits per heavy atom. The number of esters is 1. The van der Waals surface area contributed by atoms with Crippen molar-refractivity contribution in [1.82, 2.24) is 4.98 Å². The minimum atomic E-state index is -1.21. The molecule has 1 N–H and O–H groups in total. The van der Waals surface area contributed by atoms with E-state index < -0.39 is 34.4 Å². The molecule has 2 aromatic carbocycles. The molecule has 0 spiro atoms. The van der Waals surface area contributed by atoms with Gasteiger partial charge in [0.25, 0.3) is 11.5 Å². The highest BCUT2D eigenvalue weighted by Crippen LogP contribution is 2.44. The third kappa shape index (κ3) is 4.28. The largest absolute Gasteiger partial charge is 0.507 e. The number of thiazole rings is 1. The van der Waals surface area contributed by atoms with Gasteiger partial charge in [-0.1, -0.05) is 53.8 Å².